The monoisotopic (exact) mass is 460 g/mol. The Morgan fingerprint density at radius 1 is 1.38 bits per heavy atom. The van der Waals surface area contributed by atoms with E-state index in [-0.39, 0.29) is 41.4 Å². The number of likely N-dealkylation sites (tertiary alicyclic amines) is 3. The average Bonchev–Trinajstić information content (AvgIpc) is 3.46. The summed E-state index contributed by atoms with van der Waals surface area (Å²) in [6, 6.07) is 6.59. The minimum absolute atomic E-state index is 0.0161. The molecule has 3 aliphatic rings. The number of fused-ring (bicyclic) bond motifs is 2. The van der Waals surface area contributed by atoms with Crippen LogP contribution in [0.5, 0.6) is 0 Å². The first kappa shape index (κ1) is 22.7. The van der Waals surface area contributed by atoms with Gasteiger partial charge in [0.1, 0.15) is 6.04 Å². The van der Waals surface area contributed by atoms with Crippen molar-refractivity contribution in [1.82, 2.24) is 14.7 Å². The number of amides is 2. The summed E-state index contributed by atoms with van der Waals surface area (Å²) in [6.07, 6.45) is 2.11. The number of nitrogens with zero attached hydrogens (tertiary/aromatic N) is 4. The lowest BCUT2D eigenvalue weighted by atomic mass is 10.1. The van der Waals surface area contributed by atoms with Crippen LogP contribution >= 0.6 is 0 Å². The summed E-state index contributed by atoms with van der Waals surface area (Å²) < 4.78 is 23.4. The van der Waals surface area contributed by atoms with Crippen LogP contribution in [0.1, 0.15) is 37.8 Å². The van der Waals surface area contributed by atoms with Crippen LogP contribution in [0, 0.1) is 11.3 Å². The van der Waals surface area contributed by atoms with Crippen LogP contribution in [0.4, 0.5) is 0 Å². The number of nitriles is 1. The van der Waals surface area contributed by atoms with E-state index in [0.717, 1.165) is 6.42 Å². The van der Waals surface area contributed by atoms with Crippen molar-refractivity contribution in [3.05, 3.63) is 29.8 Å². The van der Waals surface area contributed by atoms with Gasteiger partial charge in [-0.2, -0.15) is 5.26 Å². The maximum absolute atomic E-state index is 13.1. The van der Waals surface area contributed by atoms with Crippen molar-refractivity contribution in [3.63, 3.8) is 0 Å². The van der Waals surface area contributed by atoms with Gasteiger partial charge < -0.3 is 15.5 Å². The number of benzene rings is 1. The van der Waals surface area contributed by atoms with Crippen molar-refractivity contribution in [3.8, 4) is 6.07 Å². The van der Waals surface area contributed by atoms with E-state index in [0.29, 0.717) is 31.5 Å². The summed E-state index contributed by atoms with van der Waals surface area (Å²) in [7, 11) is -3.83. The van der Waals surface area contributed by atoms with Crippen LogP contribution in [0.15, 0.2) is 29.2 Å². The fourth-order valence-corrected chi connectivity index (χ4v) is 5.79. The Hall–Kier alpha value is -2.52. The second-order valence-electron chi connectivity index (χ2n) is 8.82. The number of carbonyl (C=O) groups is 2. The maximum atomic E-state index is 13.1. The Morgan fingerprint density at radius 3 is 2.78 bits per heavy atom. The van der Waals surface area contributed by atoms with E-state index in [1.807, 2.05) is 11.8 Å². The van der Waals surface area contributed by atoms with Crippen LogP contribution in [-0.4, -0.2) is 78.7 Å². The molecule has 1 aromatic rings. The van der Waals surface area contributed by atoms with Crippen LogP contribution in [0.3, 0.4) is 0 Å². The van der Waals surface area contributed by atoms with Gasteiger partial charge in [0.2, 0.25) is 21.8 Å². The number of rotatable bonds is 6. The zero-order valence-corrected chi connectivity index (χ0v) is 18.7. The van der Waals surface area contributed by atoms with Gasteiger partial charge in [0.05, 0.1) is 29.1 Å². The molecule has 0 spiro atoms. The van der Waals surface area contributed by atoms with Crippen molar-refractivity contribution in [2.75, 3.05) is 19.6 Å². The van der Waals surface area contributed by atoms with Crippen molar-refractivity contribution in [2.24, 2.45) is 10.9 Å². The van der Waals surface area contributed by atoms with E-state index < -0.39 is 22.1 Å². The molecule has 4 rings (SSSR count). The van der Waals surface area contributed by atoms with Crippen molar-refractivity contribution < 1.29 is 18.0 Å². The molecular formula is C21H28N6O4S. The summed E-state index contributed by atoms with van der Waals surface area (Å²) in [6.45, 7) is 3.27. The number of hydrogen-bond donors (Lipinski definition) is 2. The van der Waals surface area contributed by atoms with Crippen molar-refractivity contribution >= 4 is 21.8 Å². The Morgan fingerprint density at radius 2 is 2.12 bits per heavy atom. The Balaban J connectivity index is 1.42. The second-order valence-corrected chi connectivity index (χ2v) is 10.4. The van der Waals surface area contributed by atoms with Gasteiger partial charge in [0.25, 0.3) is 0 Å². The van der Waals surface area contributed by atoms with E-state index >= 15 is 0 Å². The van der Waals surface area contributed by atoms with Crippen LogP contribution < -0.4 is 10.9 Å². The van der Waals surface area contributed by atoms with Gasteiger partial charge in [-0.3, -0.25) is 14.5 Å². The first-order chi connectivity index (χ1) is 15.1. The molecule has 2 bridgehead atoms. The molecule has 5 unspecified atom stereocenters. The van der Waals surface area contributed by atoms with Gasteiger partial charge in [-0.05, 0) is 43.9 Å². The molecule has 0 radical (unpaired) electrons. The van der Waals surface area contributed by atoms with Crippen LogP contribution in [-0.2, 0) is 19.6 Å². The predicted molar refractivity (Wildman–Crippen MR) is 115 cm³/mol. The van der Waals surface area contributed by atoms with Crippen LogP contribution in [0.2, 0.25) is 0 Å². The predicted octanol–water partition coefficient (Wildman–Crippen LogP) is -0.478. The second kappa shape index (κ2) is 8.44. The lowest BCUT2D eigenvalue weighted by Crippen LogP contribution is -2.56. The number of nitrogens with two attached hydrogens (primary N) is 2. The fourth-order valence-electron chi connectivity index (χ4n) is 5.22. The molecule has 10 nitrogen and oxygen atoms in total. The van der Waals surface area contributed by atoms with Gasteiger partial charge in [-0.15, -0.1) is 0 Å². The molecule has 3 fully saturated rings. The molecule has 0 saturated carbocycles. The number of piperazine rings is 1. The first-order valence-corrected chi connectivity index (χ1v) is 12.3. The highest BCUT2D eigenvalue weighted by atomic mass is 32.2. The first-order valence-electron chi connectivity index (χ1n) is 10.8. The van der Waals surface area contributed by atoms with Gasteiger partial charge >= 0.3 is 0 Å². The zero-order valence-electron chi connectivity index (χ0n) is 17.9. The molecule has 2 amide bonds. The van der Waals surface area contributed by atoms with E-state index in [1.165, 1.54) is 12.1 Å². The molecule has 3 aliphatic heterocycles. The molecular weight excluding hydrogens is 432 g/mol. The number of primary sulfonamides is 1. The standard InChI is InChI=1S/C21H28N6O4S/c1-13(14-4-2-6-17(8-14)32(24,30)31)27-16-9-19(21(27)29)25(11-16)12-18(23)20(28)26-7-3-5-15(26)10-22/h2,4,6,8,13,15-16,18-19H,3,5,7,9,11-12,23H2,1H3,(H2,24,30,31). The van der Waals surface area contributed by atoms with Gasteiger partial charge in [0.15, 0.2) is 0 Å². The largest absolute Gasteiger partial charge is 0.330 e. The number of sulfonamides is 1. The Labute approximate surface area is 187 Å². The topological polar surface area (TPSA) is 154 Å². The van der Waals surface area contributed by atoms with Crippen molar-refractivity contribution in [2.45, 2.75) is 61.3 Å². The minimum atomic E-state index is -3.83. The van der Waals surface area contributed by atoms with E-state index in [4.69, 9.17) is 10.9 Å². The van der Waals surface area contributed by atoms with Gasteiger partial charge in [0, 0.05) is 25.7 Å². The van der Waals surface area contributed by atoms with Crippen LogP contribution in [0.25, 0.3) is 0 Å². The molecule has 3 saturated heterocycles. The highest BCUT2D eigenvalue weighted by Gasteiger charge is 2.51. The number of carbonyl (C=O) groups excluding carboxylic acids is 2. The van der Waals surface area contributed by atoms with E-state index in [2.05, 4.69) is 6.07 Å². The summed E-state index contributed by atoms with van der Waals surface area (Å²) >= 11 is 0. The third-order valence-electron chi connectivity index (χ3n) is 6.83. The molecule has 11 heteroatoms. The zero-order chi connectivity index (χ0) is 23.2. The minimum Gasteiger partial charge on any atom is -0.330 e. The lowest BCUT2D eigenvalue weighted by molar-refractivity contribution is -0.141. The SMILES string of the molecule is CC(c1cccc(S(N)(=O)=O)c1)N1C(=O)C2CC1CN2CC(N)C(=O)N1CCCC1C#N. The third-order valence-corrected chi connectivity index (χ3v) is 7.74. The smallest absolute Gasteiger partial charge is 0.241 e. The summed E-state index contributed by atoms with van der Waals surface area (Å²) in [5.74, 6) is -0.292. The molecule has 5 atom stereocenters. The highest BCUT2D eigenvalue weighted by molar-refractivity contribution is 7.89. The highest BCUT2D eigenvalue weighted by Crippen LogP contribution is 2.38. The molecule has 172 valence electrons. The van der Waals surface area contributed by atoms with Gasteiger partial charge in [-0.25, -0.2) is 13.6 Å². The quantitative estimate of drug-likeness (QED) is 0.581. The van der Waals surface area contributed by atoms with Crippen molar-refractivity contribution in [1.29, 1.82) is 5.26 Å². The summed E-state index contributed by atoms with van der Waals surface area (Å²) in [5.41, 5.74) is 6.88. The summed E-state index contributed by atoms with van der Waals surface area (Å²) in [5, 5.41) is 14.5. The van der Waals surface area contributed by atoms with E-state index in [9.17, 15) is 23.3 Å². The third kappa shape index (κ3) is 3.99. The molecule has 0 aliphatic carbocycles. The normalized spacial score (nSPS) is 27.6. The van der Waals surface area contributed by atoms with E-state index in [1.54, 1.807) is 21.9 Å². The lowest BCUT2D eigenvalue weighted by Gasteiger charge is -2.38. The molecule has 3 heterocycles. The molecule has 1 aromatic carbocycles. The fraction of sp³-hybridized carbons (Fsp3) is 0.571. The average molecular weight is 461 g/mol. The Kier molecular flexibility index (Phi) is 5.98. The molecule has 0 aromatic heterocycles. The molecule has 32 heavy (non-hydrogen) atoms. The molecule has 4 N–H and O–H groups in total. The number of hydrogen-bond acceptors (Lipinski definition) is 7. The maximum Gasteiger partial charge on any atom is 0.241 e. The van der Waals surface area contributed by atoms with Gasteiger partial charge in [-0.1, -0.05) is 12.1 Å². The summed E-state index contributed by atoms with van der Waals surface area (Å²) in [4.78, 5) is 31.2. The Bertz CT molecular complexity index is 1070.